The maximum Gasteiger partial charge on any atom is 0.416 e. The molecule has 166 valence electrons. The van der Waals surface area contributed by atoms with Gasteiger partial charge in [0.2, 0.25) is 0 Å². The number of nitrogens with zero attached hydrogens (tertiary/aromatic N) is 3. The van der Waals surface area contributed by atoms with Crippen molar-refractivity contribution < 1.29 is 27.4 Å². The number of aromatic nitrogens is 3. The Hall–Kier alpha value is -2.17. The van der Waals surface area contributed by atoms with Crippen molar-refractivity contribution >= 4 is 27.0 Å². The number of ether oxygens (including phenoxy) is 3. The van der Waals surface area contributed by atoms with Gasteiger partial charge in [0.1, 0.15) is 10.4 Å². The van der Waals surface area contributed by atoms with Crippen LogP contribution in [0.5, 0.6) is 5.75 Å². The lowest BCUT2D eigenvalue weighted by atomic mass is 10.00. The van der Waals surface area contributed by atoms with Crippen molar-refractivity contribution in [1.29, 1.82) is 0 Å². The van der Waals surface area contributed by atoms with E-state index in [1.807, 2.05) is 10.7 Å². The molecule has 1 aliphatic rings. The van der Waals surface area contributed by atoms with Crippen LogP contribution >= 0.6 is 15.9 Å². The van der Waals surface area contributed by atoms with Crippen molar-refractivity contribution in [2.75, 3.05) is 26.6 Å². The number of alkyl halides is 3. The number of hydrogen-bond donors (Lipinski definition) is 0. The Labute approximate surface area is 185 Å². The smallest absolute Gasteiger partial charge is 0.416 e. The first-order valence-corrected chi connectivity index (χ1v) is 10.6. The highest BCUT2D eigenvalue weighted by molar-refractivity contribution is 9.10. The molecule has 6 nitrogen and oxygen atoms in total. The fraction of sp³-hybridized carbons (Fsp3) is 0.429. The average molecular weight is 500 g/mol. The van der Waals surface area contributed by atoms with Gasteiger partial charge in [0.15, 0.2) is 12.4 Å². The summed E-state index contributed by atoms with van der Waals surface area (Å²) in [6, 6.07) is 5.80. The van der Waals surface area contributed by atoms with E-state index in [4.69, 9.17) is 14.2 Å². The maximum absolute atomic E-state index is 13.3. The maximum atomic E-state index is 13.3. The molecule has 1 aliphatic heterocycles. The summed E-state index contributed by atoms with van der Waals surface area (Å²) >= 11 is 3.58. The van der Waals surface area contributed by atoms with Crippen LogP contribution in [0, 0.1) is 6.92 Å². The van der Waals surface area contributed by atoms with Gasteiger partial charge < -0.3 is 14.2 Å². The van der Waals surface area contributed by atoms with Crippen molar-refractivity contribution in [2.24, 2.45) is 0 Å². The number of halogens is 4. The number of aryl methyl sites for hydroxylation is 1. The summed E-state index contributed by atoms with van der Waals surface area (Å²) in [5.41, 5.74) is 1.06. The van der Waals surface area contributed by atoms with Crippen molar-refractivity contribution in [3.05, 3.63) is 40.0 Å². The van der Waals surface area contributed by atoms with Gasteiger partial charge in [-0.15, -0.1) is 0 Å². The summed E-state index contributed by atoms with van der Waals surface area (Å²) in [4.78, 5) is 4.64. The zero-order chi connectivity index (χ0) is 22.2. The first-order chi connectivity index (χ1) is 14.8. The van der Waals surface area contributed by atoms with E-state index in [-0.39, 0.29) is 18.6 Å². The molecule has 3 heterocycles. The fourth-order valence-corrected chi connectivity index (χ4v) is 4.28. The number of pyridine rings is 1. The van der Waals surface area contributed by atoms with Crippen LogP contribution in [-0.4, -0.2) is 41.4 Å². The Balaban J connectivity index is 1.80. The van der Waals surface area contributed by atoms with E-state index in [9.17, 15) is 13.2 Å². The molecule has 31 heavy (non-hydrogen) atoms. The third-order valence-corrected chi connectivity index (χ3v) is 5.93. The lowest BCUT2D eigenvalue weighted by Gasteiger charge is -2.17. The Morgan fingerprint density at radius 3 is 2.77 bits per heavy atom. The monoisotopic (exact) mass is 499 g/mol. The molecular formula is C21H21BrF3N3O3. The Bertz CT molecular complexity index is 1090. The van der Waals surface area contributed by atoms with Gasteiger partial charge in [-0.2, -0.15) is 18.3 Å². The van der Waals surface area contributed by atoms with Crippen LogP contribution in [0.1, 0.15) is 30.5 Å². The Morgan fingerprint density at radius 1 is 1.29 bits per heavy atom. The fourth-order valence-electron chi connectivity index (χ4n) is 3.60. The predicted octanol–water partition coefficient (Wildman–Crippen LogP) is 5.52. The second-order valence-electron chi connectivity index (χ2n) is 7.24. The second kappa shape index (κ2) is 8.76. The van der Waals surface area contributed by atoms with Crippen LogP contribution in [0.25, 0.3) is 22.3 Å². The SMILES string of the molecule is CCOCOc1cc(C(F)(F)F)cc(C)c1-c1ccc2c(Br)n([C@@H]3CCOC3)nc2n1. The number of hydrogen-bond acceptors (Lipinski definition) is 5. The summed E-state index contributed by atoms with van der Waals surface area (Å²) in [5.74, 6) is 0.0651. The lowest BCUT2D eigenvalue weighted by Crippen LogP contribution is -2.10. The molecule has 0 N–H and O–H groups in total. The van der Waals surface area contributed by atoms with Gasteiger partial charge in [0, 0.05) is 18.8 Å². The third kappa shape index (κ3) is 4.42. The molecule has 0 saturated carbocycles. The summed E-state index contributed by atoms with van der Waals surface area (Å²) in [6.07, 6.45) is -3.63. The highest BCUT2D eigenvalue weighted by atomic mass is 79.9. The van der Waals surface area contributed by atoms with Crippen molar-refractivity contribution in [1.82, 2.24) is 14.8 Å². The van der Waals surface area contributed by atoms with Crippen molar-refractivity contribution in [3.8, 4) is 17.0 Å². The molecule has 1 aromatic carbocycles. The molecule has 0 amide bonds. The third-order valence-electron chi connectivity index (χ3n) is 5.14. The van der Waals surface area contributed by atoms with Crippen LogP contribution in [0.4, 0.5) is 13.2 Å². The zero-order valence-electron chi connectivity index (χ0n) is 17.0. The van der Waals surface area contributed by atoms with Crippen LogP contribution in [-0.2, 0) is 15.7 Å². The molecule has 1 saturated heterocycles. The largest absolute Gasteiger partial charge is 0.467 e. The topological polar surface area (TPSA) is 58.4 Å². The summed E-state index contributed by atoms with van der Waals surface area (Å²) in [7, 11) is 0. The van der Waals surface area contributed by atoms with Gasteiger partial charge in [0.05, 0.1) is 29.3 Å². The molecule has 2 aromatic heterocycles. The van der Waals surface area contributed by atoms with Gasteiger partial charge in [-0.25, -0.2) is 4.98 Å². The van der Waals surface area contributed by atoms with E-state index < -0.39 is 11.7 Å². The Kier molecular flexibility index (Phi) is 6.23. The molecule has 10 heteroatoms. The predicted molar refractivity (Wildman–Crippen MR) is 112 cm³/mol. The first kappa shape index (κ1) is 22.0. The zero-order valence-corrected chi connectivity index (χ0v) is 18.6. The van der Waals surface area contributed by atoms with Crippen LogP contribution in [0.2, 0.25) is 0 Å². The molecular weight excluding hydrogens is 479 g/mol. The van der Waals surface area contributed by atoms with Gasteiger partial charge in [0.25, 0.3) is 0 Å². The van der Waals surface area contributed by atoms with Gasteiger partial charge in [-0.1, -0.05) is 0 Å². The first-order valence-electron chi connectivity index (χ1n) is 9.85. The molecule has 1 fully saturated rings. The highest BCUT2D eigenvalue weighted by Gasteiger charge is 2.32. The summed E-state index contributed by atoms with van der Waals surface area (Å²) < 4.78 is 58.9. The number of rotatable bonds is 6. The average Bonchev–Trinajstić information content (AvgIpc) is 3.35. The van der Waals surface area contributed by atoms with Gasteiger partial charge in [-0.3, -0.25) is 4.68 Å². The second-order valence-corrected chi connectivity index (χ2v) is 7.99. The normalized spacial score (nSPS) is 16.9. The Morgan fingerprint density at radius 2 is 2.10 bits per heavy atom. The molecule has 3 aromatic rings. The molecule has 0 radical (unpaired) electrons. The highest BCUT2D eigenvalue weighted by Crippen LogP contribution is 2.40. The van der Waals surface area contributed by atoms with Crippen molar-refractivity contribution in [2.45, 2.75) is 32.5 Å². The van der Waals surface area contributed by atoms with E-state index in [2.05, 4.69) is 26.0 Å². The minimum Gasteiger partial charge on any atom is -0.467 e. The van der Waals surface area contributed by atoms with Gasteiger partial charge >= 0.3 is 6.18 Å². The molecule has 0 aliphatic carbocycles. The number of benzene rings is 1. The minimum atomic E-state index is -4.49. The van der Waals surface area contributed by atoms with E-state index in [0.717, 1.165) is 28.5 Å². The molecule has 0 unspecified atom stereocenters. The van der Waals surface area contributed by atoms with Gasteiger partial charge in [-0.05, 0) is 66.0 Å². The lowest BCUT2D eigenvalue weighted by molar-refractivity contribution is -0.137. The van der Waals surface area contributed by atoms with E-state index in [1.54, 1.807) is 19.9 Å². The van der Waals surface area contributed by atoms with E-state index in [1.165, 1.54) is 0 Å². The molecule has 0 bridgehead atoms. The number of fused-ring (bicyclic) bond motifs is 1. The molecule has 0 spiro atoms. The van der Waals surface area contributed by atoms with E-state index in [0.29, 0.717) is 42.3 Å². The minimum absolute atomic E-state index is 0.0651. The quantitative estimate of drug-likeness (QED) is 0.330. The van der Waals surface area contributed by atoms with Crippen molar-refractivity contribution in [3.63, 3.8) is 0 Å². The summed E-state index contributed by atoms with van der Waals surface area (Å²) in [6.45, 7) is 4.86. The standard InChI is InChI=1S/C21H21BrF3N3O3/c1-3-29-11-31-17-9-13(21(23,24)25)8-12(2)18(17)16-5-4-15-19(22)28(27-20(15)26-16)14-6-7-30-10-14/h4-5,8-9,14H,3,6-7,10-11H2,1-2H3/t14-/m1/s1. The van der Waals surface area contributed by atoms with E-state index >= 15 is 0 Å². The summed E-state index contributed by atoms with van der Waals surface area (Å²) in [5, 5.41) is 5.42. The van der Waals surface area contributed by atoms with Crippen LogP contribution in [0.3, 0.4) is 0 Å². The van der Waals surface area contributed by atoms with Crippen LogP contribution in [0.15, 0.2) is 28.9 Å². The molecule has 1 atom stereocenters. The molecule has 4 rings (SSSR count). The van der Waals surface area contributed by atoms with Crippen LogP contribution < -0.4 is 4.74 Å².